The van der Waals surface area contributed by atoms with Gasteiger partial charge in [0.05, 0.1) is 13.2 Å². The summed E-state index contributed by atoms with van der Waals surface area (Å²) < 4.78 is 17.0. The van der Waals surface area contributed by atoms with Crippen molar-refractivity contribution in [2.75, 3.05) is 19.8 Å². The van der Waals surface area contributed by atoms with Crippen molar-refractivity contribution >= 4 is 0 Å². The Hall–Kier alpha value is -0.160. The molecule has 0 radical (unpaired) electrons. The molecule has 0 amide bonds. The summed E-state index contributed by atoms with van der Waals surface area (Å²) in [6.45, 7) is 3.99. The third kappa shape index (κ3) is 5.80. The molecule has 2 saturated heterocycles. The fourth-order valence-electron chi connectivity index (χ4n) is 3.41. The molecular weight excluding hydrogens is 280 g/mol. The third-order valence-corrected chi connectivity index (χ3v) is 4.81. The number of fused-ring (bicyclic) bond motifs is 1. The molecular formula is C18H34O4. The topological polar surface area (TPSA) is 47.9 Å². The summed E-state index contributed by atoms with van der Waals surface area (Å²) in [6, 6.07) is 0. The highest BCUT2D eigenvalue weighted by molar-refractivity contribution is 4.94. The molecule has 4 heteroatoms. The van der Waals surface area contributed by atoms with Crippen molar-refractivity contribution in [3.05, 3.63) is 0 Å². The Kier molecular flexibility index (Phi) is 8.75. The highest BCUT2D eigenvalue weighted by Gasteiger charge is 2.47. The Morgan fingerprint density at radius 3 is 2.09 bits per heavy atom. The van der Waals surface area contributed by atoms with Crippen LogP contribution in [0.1, 0.15) is 71.1 Å². The van der Waals surface area contributed by atoms with Gasteiger partial charge in [0.2, 0.25) is 0 Å². The first-order valence-corrected chi connectivity index (χ1v) is 9.35. The molecule has 2 rings (SSSR count). The molecule has 2 heterocycles. The molecule has 2 fully saturated rings. The molecule has 0 unspecified atom stereocenters. The summed E-state index contributed by atoms with van der Waals surface area (Å²) in [7, 11) is 0. The molecule has 4 atom stereocenters. The van der Waals surface area contributed by atoms with E-state index >= 15 is 0 Å². The van der Waals surface area contributed by atoms with E-state index in [-0.39, 0.29) is 18.3 Å². The summed E-state index contributed by atoms with van der Waals surface area (Å²) >= 11 is 0. The fourth-order valence-corrected chi connectivity index (χ4v) is 3.41. The van der Waals surface area contributed by atoms with Crippen molar-refractivity contribution in [3.63, 3.8) is 0 Å². The van der Waals surface area contributed by atoms with Crippen molar-refractivity contribution in [2.24, 2.45) is 0 Å². The van der Waals surface area contributed by atoms with Crippen LogP contribution in [0.4, 0.5) is 0 Å². The molecule has 2 aliphatic heterocycles. The molecule has 130 valence electrons. The first-order valence-electron chi connectivity index (χ1n) is 9.35. The highest BCUT2D eigenvalue weighted by Crippen LogP contribution is 2.28. The first kappa shape index (κ1) is 18.2. The molecule has 0 aromatic heterocycles. The number of rotatable bonds is 12. The summed E-state index contributed by atoms with van der Waals surface area (Å²) in [4.78, 5) is 0. The second-order valence-corrected chi connectivity index (χ2v) is 6.75. The van der Waals surface area contributed by atoms with E-state index in [1.165, 1.54) is 57.8 Å². The van der Waals surface area contributed by atoms with E-state index < -0.39 is 6.10 Å². The zero-order valence-electron chi connectivity index (χ0n) is 14.2. The van der Waals surface area contributed by atoms with Gasteiger partial charge in [0.15, 0.2) is 0 Å². The minimum absolute atomic E-state index is 0.0146. The molecule has 0 aliphatic carbocycles. The largest absolute Gasteiger partial charge is 0.388 e. The van der Waals surface area contributed by atoms with Gasteiger partial charge in [-0.2, -0.15) is 0 Å². The number of aliphatic hydroxyl groups is 1. The predicted octanol–water partition coefficient (Wildman–Crippen LogP) is 3.45. The highest BCUT2D eigenvalue weighted by atomic mass is 16.6. The van der Waals surface area contributed by atoms with E-state index in [0.717, 1.165) is 13.0 Å². The van der Waals surface area contributed by atoms with Crippen LogP contribution in [0.3, 0.4) is 0 Å². The molecule has 1 N–H and O–H groups in total. The minimum atomic E-state index is -0.476. The molecule has 0 spiro atoms. The number of ether oxygens (including phenoxy) is 3. The molecule has 2 aliphatic rings. The maximum atomic E-state index is 9.67. The van der Waals surface area contributed by atoms with Crippen LogP contribution in [-0.4, -0.2) is 49.3 Å². The van der Waals surface area contributed by atoms with Crippen LogP contribution in [0.5, 0.6) is 0 Å². The van der Waals surface area contributed by atoms with E-state index in [0.29, 0.717) is 13.2 Å². The average Bonchev–Trinajstić information content (AvgIpc) is 3.09. The zero-order chi connectivity index (χ0) is 15.6. The molecule has 0 saturated carbocycles. The molecule has 4 nitrogen and oxygen atoms in total. The monoisotopic (exact) mass is 314 g/mol. The fraction of sp³-hybridized carbons (Fsp3) is 1.00. The van der Waals surface area contributed by atoms with Crippen LogP contribution >= 0.6 is 0 Å². The summed E-state index contributed by atoms with van der Waals surface area (Å²) in [6.07, 6.45) is 12.7. The van der Waals surface area contributed by atoms with E-state index in [1.807, 2.05) is 0 Å². The molecule has 22 heavy (non-hydrogen) atoms. The van der Waals surface area contributed by atoms with Crippen LogP contribution < -0.4 is 0 Å². The number of hydrogen-bond acceptors (Lipinski definition) is 4. The number of unbranched alkanes of at least 4 members (excludes halogenated alkanes) is 9. The summed E-state index contributed by atoms with van der Waals surface area (Å²) in [5.41, 5.74) is 0. The maximum absolute atomic E-state index is 9.67. The van der Waals surface area contributed by atoms with Gasteiger partial charge in [-0.05, 0) is 6.42 Å². The van der Waals surface area contributed by atoms with Gasteiger partial charge in [0.25, 0.3) is 0 Å². The van der Waals surface area contributed by atoms with Crippen LogP contribution in [0, 0.1) is 0 Å². The van der Waals surface area contributed by atoms with Gasteiger partial charge >= 0.3 is 0 Å². The van der Waals surface area contributed by atoms with E-state index in [1.54, 1.807) is 0 Å². The van der Waals surface area contributed by atoms with Gasteiger partial charge in [0, 0.05) is 6.61 Å². The Morgan fingerprint density at radius 1 is 0.818 bits per heavy atom. The lowest BCUT2D eigenvalue weighted by Gasteiger charge is -2.16. The molecule has 0 aromatic rings. The SMILES string of the molecule is CCCCCCCCCCCCO[C@@H]1CO[C@H]2[C@@H]1OC[C@H]2O. The molecule has 0 aromatic carbocycles. The smallest absolute Gasteiger partial charge is 0.115 e. The lowest BCUT2D eigenvalue weighted by atomic mass is 10.1. The summed E-state index contributed by atoms with van der Waals surface area (Å²) in [5.74, 6) is 0. The van der Waals surface area contributed by atoms with Crippen molar-refractivity contribution in [1.29, 1.82) is 0 Å². The normalized spacial score (nSPS) is 30.8. The Morgan fingerprint density at radius 2 is 1.41 bits per heavy atom. The number of aliphatic hydroxyl groups excluding tert-OH is 1. The van der Waals surface area contributed by atoms with Crippen molar-refractivity contribution in [3.8, 4) is 0 Å². The van der Waals surface area contributed by atoms with Crippen molar-refractivity contribution < 1.29 is 19.3 Å². The Balaban J connectivity index is 1.38. The standard InChI is InChI=1S/C18H34O4/c1-2-3-4-5-6-7-8-9-10-11-12-20-16-14-22-17-15(19)13-21-18(16)17/h15-19H,2-14H2,1H3/t15-,16-,17-,18-/m1/s1. The number of hydrogen-bond donors (Lipinski definition) is 1. The van der Waals surface area contributed by atoms with Gasteiger partial charge in [-0.3, -0.25) is 0 Å². The second kappa shape index (κ2) is 10.6. The van der Waals surface area contributed by atoms with Crippen LogP contribution in [0.2, 0.25) is 0 Å². The lowest BCUT2D eigenvalue weighted by Crippen LogP contribution is -2.33. The zero-order valence-corrected chi connectivity index (χ0v) is 14.2. The van der Waals surface area contributed by atoms with E-state index in [2.05, 4.69) is 6.92 Å². The Bertz CT molecular complexity index is 284. The van der Waals surface area contributed by atoms with Crippen molar-refractivity contribution in [1.82, 2.24) is 0 Å². The van der Waals surface area contributed by atoms with Gasteiger partial charge < -0.3 is 19.3 Å². The van der Waals surface area contributed by atoms with E-state index in [9.17, 15) is 5.11 Å². The minimum Gasteiger partial charge on any atom is -0.388 e. The summed E-state index contributed by atoms with van der Waals surface area (Å²) in [5, 5.41) is 9.67. The van der Waals surface area contributed by atoms with E-state index in [4.69, 9.17) is 14.2 Å². The predicted molar refractivity (Wildman–Crippen MR) is 87.1 cm³/mol. The van der Waals surface area contributed by atoms with Crippen LogP contribution in [0.15, 0.2) is 0 Å². The quantitative estimate of drug-likeness (QED) is 0.561. The van der Waals surface area contributed by atoms with Crippen molar-refractivity contribution in [2.45, 2.75) is 95.5 Å². The van der Waals surface area contributed by atoms with Gasteiger partial charge in [0.1, 0.15) is 24.4 Å². The first-order chi connectivity index (χ1) is 10.8. The third-order valence-electron chi connectivity index (χ3n) is 4.81. The Labute approximate surface area is 135 Å². The lowest BCUT2D eigenvalue weighted by molar-refractivity contribution is -0.0378. The second-order valence-electron chi connectivity index (χ2n) is 6.75. The molecule has 0 bridgehead atoms. The van der Waals surface area contributed by atoms with Gasteiger partial charge in [-0.25, -0.2) is 0 Å². The van der Waals surface area contributed by atoms with Gasteiger partial charge in [-0.1, -0.05) is 64.7 Å². The maximum Gasteiger partial charge on any atom is 0.115 e. The average molecular weight is 314 g/mol. The van der Waals surface area contributed by atoms with Gasteiger partial charge in [-0.15, -0.1) is 0 Å². The van der Waals surface area contributed by atoms with Crippen LogP contribution in [0.25, 0.3) is 0 Å². The van der Waals surface area contributed by atoms with Crippen LogP contribution in [-0.2, 0) is 14.2 Å².